The van der Waals surface area contributed by atoms with E-state index in [0.717, 1.165) is 0 Å². The third kappa shape index (κ3) is 5.25. The maximum absolute atomic E-state index is 12.5. The molecule has 0 aliphatic carbocycles. The maximum Gasteiger partial charge on any atom is 0.303 e. The fourth-order valence-corrected chi connectivity index (χ4v) is 3.86. The number of carboxylic acids is 1. The topological polar surface area (TPSA) is 113 Å². The summed E-state index contributed by atoms with van der Waals surface area (Å²) in [5.41, 5.74) is 0.323. The second kappa shape index (κ2) is 8.41. The van der Waals surface area contributed by atoms with Crippen LogP contribution in [0.3, 0.4) is 0 Å². The van der Waals surface area contributed by atoms with Crippen LogP contribution in [0, 0.1) is 5.92 Å². The monoisotopic (exact) mass is 370 g/mol. The van der Waals surface area contributed by atoms with Gasteiger partial charge in [0.05, 0.1) is 18.1 Å². The molecule has 2 N–H and O–H groups in total. The highest BCUT2D eigenvalue weighted by atomic mass is 32.2. The van der Waals surface area contributed by atoms with Crippen LogP contribution < -0.4 is 5.32 Å². The van der Waals surface area contributed by atoms with Gasteiger partial charge in [-0.2, -0.15) is 4.31 Å². The first-order valence-electron chi connectivity index (χ1n) is 7.98. The van der Waals surface area contributed by atoms with E-state index in [1.807, 2.05) is 0 Å². The minimum absolute atomic E-state index is 0.0307. The normalized spacial score (nSPS) is 17.0. The Kier molecular flexibility index (Phi) is 6.51. The van der Waals surface area contributed by atoms with E-state index in [1.165, 1.54) is 28.6 Å². The highest BCUT2D eigenvalue weighted by Gasteiger charge is 2.26. The number of hydrogen-bond acceptors (Lipinski definition) is 5. The second-order valence-electron chi connectivity index (χ2n) is 5.95. The Morgan fingerprint density at radius 1 is 1.24 bits per heavy atom. The van der Waals surface area contributed by atoms with E-state index in [1.54, 1.807) is 6.92 Å². The largest absolute Gasteiger partial charge is 0.481 e. The van der Waals surface area contributed by atoms with Gasteiger partial charge >= 0.3 is 5.97 Å². The van der Waals surface area contributed by atoms with Gasteiger partial charge in [-0.05, 0) is 30.2 Å². The lowest BCUT2D eigenvalue weighted by atomic mass is 10.1. The van der Waals surface area contributed by atoms with Gasteiger partial charge in [0.15, 0.2) is 0 Å². The lowest BCUT2D eigenvalue weighted by Gasteiger charge is -2.26. The van der Waals surface area contributed by atoms with Crippen molar-refractivity contribution in [1.82, 2.24) is 9.62 Å². The predicted molar refractivity (Wildman–Crippen MR) is 89.8 cm³/mol. The van der Waals surface area contributed by atoms with Crippen molar-refractivity contribution in [2.45, 2.75) is 18.2 Å². The molecule has 1 aromatic rings. The van der Waals surface area contributed by atoms with Crippen molar-refractivity contribution in [3.8, 4) is 0 Å². The molecule has 1 unspecified atom stereocenters. The smallest absolute Gasteiger partial charge is 0.303 e. The maximum atomic E-state index is 12.5. The highest BCUT2D eigenvalue weighted by Crippen LogP contribution is 2.17. The Labute approximate surface area is 146 Å². The Hall–Kier alpha value is -1.97. The van der Waals surface area contributed by atoms with Gasteiger partial charge in [-0.15, -0.1) is 0 Å². The second-order valence-corrected chi connectivity index (χ2v) is 7.89. The fraction of sp³-hybridized carbons (Fsp3) is 0.500. The molecule has 1 aliphatic rings. The Morgan fingerprint density at radius 2 is 1.84 bits per heavy atom. The molecule has 8 nitrogen and oxygen atoms in total. The lowest BCUT2D eigenvalue weighted by Crippen LogP contribution is -2.40. The van der Waals surface area contributed by atoms with Crippen LogP contribution in [0.2, 0.25) is 0 Å². The molecule has 1 aliphatic heterocycles. The molecule has 2 rings (SSSR count). The first kappa shape index (κ1) is 19.4. The number of carbonyl (C=O) groups is 2. The summed E-state index contributed by atoms with van der Waals surface area (Å²) in [6.45, 7) is 3.33. The molecule has 0 aromatic heterocycles. The molecule has 0 spiro atoms. The van der Waals surface area contributed by atoms with Crippen LogP contribution in [0.1, 0.15) is 23.7 Å². The molecule has 1 atom stereocenters. The number of benzene rings is 1. The van der Waals surface area contributed by atoms with Crippen LogP contribution in [-0.2, 0) is 19.6 Å². The number of nitrogens with one attached hydrogen (secondary N) is 1. The summed E-state index contributed by atoms with van der Waals surface area (Å²) in [5.74, 6) is -1.48. The van der Waals surface area contributed by atoms with E-state index in [0.29, 0.717) is 31.9 Å². The van der Waals surface area contributed by atoms with Crippen molar-refractivity contribution >= 4 is 21.9 Å². The van der Waals surface area contributed by atoms with E-state index < -0.39 is 16.0 Å². The van der Waals surface area contributed by atoms with Gasteiger partial charge < -0.3 is 15.2 Å². The number of ether oxygens (including phenoxy) is 1. The quantitative estimate of drug-likeness (QED) is 0.725. The minimum atomic E-state index is -3.59. The molecular formula is C16H22N2O6S. The number of aliphatic carboxylic acids is 1. The molecule has 0 bridgehead atoms. The number of hydrogen-bond donors (Lipinski definition) is 2. The van der Waals surface area contributed by atoms with Crippen LogP contribution in [0.25, 0.3) is 0 Å². The van der Waals surface area contributed by atoms with Crippen molar-refractivity contribution in [2.75, 3.05) is 32.8 Å². The molecule has 25 heavy (non-hydrogen) atoms. The van der Waals surface area contributed by atoms with E-state index >= 15 is 0 Å². The molecule has 9 heteroatoms. The van der Waals surface area contributed by atoms with Gasteiger partial charge in [-0.3, -0.25) is 9.59 Å². The van der Waals surface area contributed by atoms with E-state index in [2.05, 4.69) is 5.32 Å². The third-order valence-corrected chi connectivity index (χ3v) is 5.77. The molecule has 1 fully saturated rings. The number of carbonyl (C=O) groups excluding carboxylic acids is 1. The number of amides is 1. The van der Waals surface area contributed by atoms with Crippen molar-refractivity contribution < 1.29 is 27.9 Å². The highest BCUT2D eigenvalue weighted by molar-refractivity contribution is 7.89. The zero-order chi connectivity index (χ0) is 18.4. The number of carboxylic acid groups (broad SMARTS) is 1. The average Bonchev–Trinajstić information content (AvgIpc) is 2.60. The molecule has 138 valence electrons. The minimum Gasteiger partial charge on any atom is -0.481 e. The van der Waals surface area contributed by atoms with E-state index in [4.69, 9.17) is 9.84 Å². The summed E-state index contributed by atoms with van der Waals surface area (Å²) in [4.78, 5) is 22.8. The zero-order valence-electron chi connectivity index (χ0n) is 14.0. The number of nitrogens with zero attached hydrogens (tertiary/aromatic N) is 1. The summed E-state index contributed by atoms with van der Waals surface area (Å²) in [5, 5.41) is 11.3. The van der Waals surface area contributed by atoms with Crippen LogP contribution in [0.5, 0.6) is 0 Å². The van der Waals surface area contributed by atoms with Crippen LogP contribution in [0.15, 0.2) is 29.2 Å². The Balaban J connectivity index is 1.99. The SMILES string of the molecule is CC(CNC(=O)c1ccc(S(=O)(=O)N2CCOCC2)cc1)CC(=O)O. The van der Waals surface area contributed by atoms with E-state index in [-0.39, 0.29) is 29.7 Å². The summed E-state index contributed by atoms with van der Waals surface area (Å²) in [7, 11) is -3.59. The van der Waals surface area contributed by atoms with Crippen molar-refractivity contribution in [1.29, 1.82) is 0 Å². The summed E-state index contributed by atoms with van der Waals surface area (Å²) in [6, 6.07) is 5.70. The molecule has 0 radical (unpaired) electrons. The van der Waals surface area contributed by atoms with Crippen molar-refractivity contribution in [3.05, 3.63) is 29.8 Å². The average molecular weight is 370 g/mol. The van der Waals surface area contributed by atoms with Gasteiger partial charge in [0.2, 0.25) is 10.0 Å². The Bertz CT molecular complexity index is 711. The molecule has 1 amide bonds. The zero-order valence-corrected chi connectivity index (χ0v) is 14.8. The van der Waals surface area contributed by atoms with Gasteiger partial charge in [0.1, 0.15) is 0 Å². The lowest BCUT2D eigenvalue weighted by molar-refractivity contribution is -0.137. The third-order valence-electron chi connectivity index (χ3n) is 3.86. The van der Waals surface area contributed by atoms with Gasteiger partial charge in [0, 0.05) is 31.6 Å². The number of rotatable bonds is 7. The molecule has 0 saturated carbocycles. The van der Waals surface area contributed by atoms with Crippen molar-refractivity contribution in [3.63, 3.8) is 0 Å². The first-order valence-corrected chi connectivity index (χ1v) is 9.42. The molecule has 1 aromatic carbocycles. The Morgan fingerprint density at radius 3 is 2.40 bits per heavy atom. The summed E-state index contributed by atoms with van der Waals surface area (Å²) in [6.07, 6.45) is -0.0307. The van der Waals surface area contributed by atoms with Crippen LogP contribution >= 0.6 is 0 Å². The van der Waals surface area contributed by atoms with Crippen LogP contribution in [-0.4, -0.2) is 62.6 Å². The van der Waals surface area contributed by atoms with Gasteiger partial charge in [0.25, 0.3) is 5.91 Å². The number of sulfonamides is 1. The molecule has 1 heterocycles. The van der Waals surface area contributed by atoms with Gasteiger partial charge in [-0.25, -0.2) is 8.42 Å². The van der Waals surface area contributed by atoms with Crippen molar-refractivity contribution in [2.24, 2.45) is 5.92 Å². The van der Waals surface area contributed by atoms with Crippen LogP contribution in [0.4, 0.5) is 0 Å². The first-order chi connectivity index (χ1) is 11.8. The van der Waals surface area contributed by atoms with Gasteiger partial charge in [-0.1, -0.05) is 6.92 Å². The number of morpholine rings is 1. The molecule has 1 saturated heterocycles. The summed E-state index contributed by atoms with van der Waals surface area (Å²) < 4.78 is 31.5. The summed E-state index contributed by atoms with van der Waals surface area (Å²) >= 11 is 0. The van der Waals surface area contributed by atoms with E-state index in [9.17, 15) is 18.0 Å². The standard InChI is InChI=1S/C16H22N2O6S/c1-12(10-15(19)20)11-17-16(21)13-2-4-14(5-3-13)25(22,23)18-6-8-24-9-7-18/h2-5,12H,6-11H2,1H3,(H,17,21)(H,19,20). The predicted octanol–water partition coefficient (Wildman–Crippen LogP) is 0.548. The molecular weight excluding hydrogens is 348 g/mol. The fourth-order valence-electron chi connectivity index (χ4n) is 2.45.